The molecule has 10 heteroatoms. The van der Waals surface area contributed by atoms with Gasteiger partial charge < -0.3 is 33.9 Å². The van der Waals surface area contributed by atoms with Crippen LogP contribution < -0.4 is 5.32 Å². The third-order valence-corrected chi connectivity index (χ3v) is 10.4. The lowest BCUT2D eigenvalue weighted by atomic mass is 9.85. The molecular formula is C38H55N3O7. The molecule has 5 aliphatic rings. The van der Waals surface area contributed by atoms with Crippen LogP contribution in [0.2, 0.25) is 0 Å². The van der Waals surface area contributed by atoms with E-state index >= 15 is 0 Å². The number of nitrogens with zero attached hydrogens (tertiary/aromatic N) is 2. The second-order valence-corrected chi connectivity index (χ2v) is 15.0. The zero-order valence-corrected chi connectivity index (χ0v) is 29.3. The number of allylic oxidation sites excluding steroid dienone is 2. The third kappa shape index (κ3) is 9.27. The van der Waals surface area contributed by atoms with Crippen LogP contribution in [0, 0.1) is 0 Å². The first-order chi connectivity index (χ1) is 23.1. The summed E-state index contributed by atoms with van der Waals surface area (Å²) in [5, 5.41) is 3.05. The van der Waals surface area contributed by atoms with Crippen LogP contribution in [0.1, 0.15) is 101 Å². The highest BCUT2D eigenvalue weighted by Gasteiger charge is 2.53. The van der Waals surface area contributed by atoms with Crippen molar-refractivity contribution in [1.82, 2.24) is 15.1 Å². The molecule has 1 N–H and O–H groups in total. The Morgan fingerprint density at radius 2 is 1.77 bits per heavy atom. The van der Waals surface area contributed by atoms with Crippen molar-refractivity contribution >= 4 is 12.0 Å². The van der Waals surface area contributed by atoms with E-state index in [-0.39, 0.29) is 41.6 Å². The van der Waals surface area contributed by atoms with Gasteiger partial charge in [0.1, 0.15) is 6.10 Å². The first-order valence-electron chi connectivity index (χ1n) is 18.1. The first-order valence-corrected chi connectivity index (χ1v) is 18.1. The molecule has 1 aliphatic carbocycles. The van der Waals surface area contributed by atoms with Gasteiger partial charge in [-0.2, -0.15) is 0 Å². The van der Waals surface area contributed by atoms with Crippen LogP contribution in [0.25, 0.3) is 0 Å². The minimum atomic E-state index is -0.567. The van der Waals surface area contributed by atoms with E-state index in [0.29, 0.717) is 49.9 Å². The molecule has 0 bridgehead atoms. The molecular weight excluding hydrogens is 610 g/mol. The smallest absolute Gasteiger partial charge is 0.410 e. The van der Waals surface area contributed by atoms with E-state index in [2.05, 4.69) is 49.2 Å². The third-order valence-electron chi connectivity index (χ3n) is 10.4. The Balaban J connectivity index is 0.932. The second-order valence-electron chi connectivity index (χ2n) is 15.0. The highest BCUT2D eigenvalue weighted by molar-refractivity contribution is 5.96. The van der Waals surface area contributed by atoms with Gasteiger partial charge in [0.2, 0.25) is 0 Å². The number of nitrogens with one attached hydrogen (secondary N) is 1. The number of piperazine rings is 1. The van der Waals surface area contributed by atoms with E-state index in [1.807, 2.05) is 25.1 Å². The van der Waals surface area contributed by atoms with E-state index in [1.54, 1.807) is 11.0 Å². The van der Waals surface area contributed by atoms with Gasteiger partial charge in [-0.15, -0.1) is 0 Å². The highest BCUT2D eigenvalue weighted by atomic mass is 16.7. The number of ether oxygens (including phenoxy) is 5. The number of hydrogen-bond donors (Lipinski definition) is 1. The average Bonchev–Trinajstić information content (AvgIpc) is 3.83. The molecule has 5 fully saturated rings. The summed E-state index contributed by atoms with van der Waals surface area (Å²) >= 11 is 0. The van der Waals surface area contributed by atoms with Crippen molar-refractivity contribution in [3.8, 4) is 0 Å². The first kappa shape index (κ1) is 35.1. The SMILES string of the molecule is CC(/C=C/[C@@H]1C[C@]2(CO2)CC(C)(C)O1)=C\C[C@H]1OC[C@@H](NC(=O)c2ccccc2[C@H](C)OC(=O)N2CCN(C3CCCCC3)CC2)CO1. The molecule has 4 aliphatic heterocycles. The standard InChI is InChI=1S/C38H55N3O7/c1-27(14-16-31-22-38(26-46-38)25-37(3,4)48-31)15-17-34-44-23-29(24-45-34)39-35(42)33-13-9-8-12-32(33)28(2)47-36(43)41-20-18-40(19-21-41)30-10-6-5-7-11-30/h8-9,12-16,28-31,34H,5-7,10-11,17-26H2,1-4H3,(H,39,42)/b16-14+,27-15+/t28-,29-,31+,34+,38+/m0/s1. The van der Waals surface area contributed by atoms with Crippen molar-refractivity contribution in [3.05, 3.63) is 59.2 Å². The lowest BCUT2D eigenvalue weighted by molar-refractivity contribution is -0.185. The summed E-state index contributed by atoms with van der Waals surface area (Å²) in [6.07, 6.45) is 14.0. The fourth-order valence-electron chi connectivity index (χ4n) is 7.84. The zero-order chi connectivity index (χ0) is 33.7. The number of amides is 2. The Morgan fingerprint density at radius 3 is 2.48 bits per heavy atom. The van der Waals surface area contributed by atoms with Gasteiger partial charge in [0.25, 0.3) is 5.91 Å². The van der Waals surface area contributed by atoms with Gasteiger partial charge in [-0.1, -0.05) is 61.3 Å². The van der Waals surface area contributed by atoms with Crippen LogP contribution in [-0.4, -0.2) is 103 Å². The van der Waals surface area contributed by atoms with E-state index in [0.717, 1.165) is 38.1 Å². The number of carbonyl (C=O) groups excluding carboxylic acids is 2. The molecule has 4 heterocycles. The van der Waals surface area contributed by atoms with Crippen molar-refractivity contribution in [2.45, 2.75) is 121 Å². The van der Waals surface area contributed by atoms with Gasteiger partial charge in [0.05, 0.1) is 43.2 Å². The van der Waals surface area contributed by atoms with Crippen LogP contribution >= 0.6 is 0 Å². The fraction of sp³-hybridized carbons (Fsp3) is 0.684. The Morgan fingerprint density at radius 1 is 1.06 bits per heavy atom. The Kier molecular flexibility index (Phi) is 11.3. The molecule has 2 amide bonds. The van der Waals surface area contributed by atoms with Crippen molar-refractivity contribution in [1.29, 1.82) is 0 Å². The van der Waals surface area contributed by atoms with Crippen LogP contribution in [0.15, 0.2) is 48.1 Å². The molecule has 264 valence electrons. The molecule has 6 rings (SSSR count). The Bertz CT molecular complexity index is 1310. The van der Waals surface area contributed by atoms with Crippen molar-refractivity contribution in [3.63, 3.8) is 0 Å². The maximum atomic E-state index is 13.4. The number of rotatable bonds is 9. The monoisotopic (exact) mass is 665 g/mol. The Hall–Kier alpha value is -2.76. The molecule has 10 nitrogen and oxygen atoms in total. The zero-order valence-electron chi connectivity index (χ0n) is 29.3. The summed E-state index contributed by atoms with van der Waals surface area (Å²) in [5.41, 5.74) is 2.09. The fourth-order valence-corrected chi connectivity index (χ4v) is 7.84. The van der Waals surface area contributed by atoms with Crippen LogP contribution in [-0.2, 0) is 23.7 Å². The number of carbonyl (C=O) groups is 2. The Labute approximate surface area is 286 Å². The van der Waals surface area contributed by atoms with Crippen LogP contribution in [0.5, 0.6) is 0 Å². The molecule has 1 spiro atoms. The number of epoxide rings is 1. The van der Waals surface area contributed by atoms with E-state index in [9.17, 15) is 9.59 Å². The molecule has 1 saturated carbocycles. The summed E-state index contributed by atoms with van der Waals surface area (Å²) < 4.78 is 29.8. The summed E-state index contributed by atoms with van der Waals surface area (Å²) in [6.45, 7) is 12.8. The number of benzene rings is 1. The maximum absolute atomic E-state index is 13.4. The maximum Gasteiger partial charge on any atom is 0.410 e. The van der Waals surface area contributed by atoms with Gasteiger partial charge in [-0.3, -0.25) is 9.69 Å². The lowest BCUT2D eigenvalue weighted by Crippen LogP contribution is -2.52. The van der Waals surface area contributed by atoms with Crippen LogP contribution in [0.3, 0.4) is 0 Å². The second kappa shape index (κ2) is 15.4. The number of hydrogen-bond acceptors (Lipinski definition) is 8. The largest absolute Gasteiger partial charge is 0.441 e. The molecule has 1 aromatic rings. The predicted molar refractivity (Wildman–Crippen MR) is 183 cm³/mol. The molecule has 0 aromatic heterocycles. The van der Waals surface area contributed by atoms with Crippen LogP contribution in [0.4, 0.5) is 4.79 Å². The quantitative estimate of drug-likeness (QED) is 0.256. The lowest BCUT2D eigenvalue weighted by Gasteiger charge is -2.40. The molecule has 0 radical (unpaired) electrons. The van der Waals surface area contributed by atoms with Gasteiger partial charge >= 0.3 is 6.09 Å². The minimum Gasteiger partial charge on any atom is -0.441 e. The van der Waals surface area contributed by atoms with Crippen molar-refractivity contribution in [2.75, 3.05) is 46.0 Å². The van der Waals surface area contributed by atoms with Crippen molar-refractivity contribution in [2.24, 2.45) is 0 Å². The predicted octanol–water partition coefficient (Wildman–Crippen LogP) is 5.93. The molecule has 1 aromatic carbocycles. The molecule has 0 unspecified atom stereocenters. The van der Waals surface area contributed by atoms with Gasteiger partial charge in [0, 0.05) is 62.6 Å². The molecule has 4 saturated heterocycles. The summed E-state index contributed by atoms with van der Waals surface area (Å²) in [7, 11) is 0. The van der Waals surface area contributed by atoms with Crippen molar-refractivity contribution < 1.29 is 33.3 Å². The minimum absolute atomic E-state index is 0.00110. The molecule has 48 heavy (non-hydrogen) atoms. The summed E-state index contributed by atoms with van der Waals surface area (Å²) in [5.74, 6) is -0.238. The summed E-state index contributed by atoms with van der Waals surface area (Å²) in [6, 6.07) is 7.67. The van der Waals surface area contributed by atoms with E-state index in [1.165, 1.54) is 32.1 Å². The van der Waals surface area contributed by atoms with Gasteiger partial charge in [-0.05, 0) is 46.6 Å². The summed E-state index contributed by atoms with van der Waals surface area (Å²) in [4.78, 5) is 30.8. The highest BCUT2D eigenvalue weighted by Crippen LogP contribution is 2.46. The average molecular weight is 666 g/mol. The van der Waals surface area contributed by atoms with Gasteiger partial charge in [0.15, 0.2) is 6.29 Å². The normalized spacial score (nSPS) is 30.7. The van der Waals surface area contributed by atoms with E-state index < -0.39 is 6.10 Å². The topological polar surface area (TPSA) is 102 Å². The van der Waals surface area contributed by atoms with Gasteiger partial charge in [-0.25, -0.2) is 4.79 Å². The molecule has 3 atom stereocenters. The van der Waals surface area contributed by atoms with E-state index in [4.69, 9.17) is 23.7 Å².